The number of esters is 1. The fourth-order valence-corrected chi connectivity index (χ4v) is 4.23. The van der Waals surface area contributed by atoms with Gasteiger partial charge in [-0.05, 0) is 18.4 Å². The minimum atomic E-state index is -1.19. The molecule has 7 heteroatoms. The summed E-state index contributed by atoms with van der Waals surface area (Å²) in [5.74, 6) is 0.258. The Morgan fingerprint density at radius 1 is 1.07 bits per heavy atom. The fourth-order valence-electron chi connectivity index (χ4n) is 3.02. The van der Waals surface area contributed by atoms with Gasteiger partial charge in [-0.2, -0.15) is 0 Å². The lowest BCUT2D eigenvalue weighted by molar-refractivity contribution is -0.146. The van der Waals surface area contributed by atoms with E-state index >= 15 is 0 Å². The van der Waals surface area contributed by atoms with E-state index in [2.05, 4.69) is 6.92 Å². The van der Waals surface area contributed by atoms with Crippen molar-refractivity contribution in [2.45, 2.75) is 64.5 Å². The van der Waals surface area contributed by atoms with Gasteiger partial charge in [-0.3, -0.25) is 9.11 Å². The second-order valence-electron chi connectivity index (χ2n) is 6.84. The summed E-state index contributed by atoms with van der Waals surface area (Å²) in [6, 6.07) is 8.13. The van der Waals surface area contributed by atoms with Gasteiger partial charge in [-0.15, -0.1) is 0 Å². The molecule has 0 saturated carbocycles. The summed E-state index contributed by atoms with van der Waals surface area (Å²) in [5, 5.41) is 9.60. The van der Waals surface area contributed by atoms with E-state index in [4.69, 9.17) is 4.74 Å². The molecule has 1 amide bonds. The average Bonchev–Trinajstić information content (AvgIpc) is 2.70. The largest absolute Gasteiger partial charge is 0.467 e. The molecule has 158 valence electrons. The van der Waals surface area contributed by atoms with Crippen molar-refractivity contribution in [3.05, 3.63) is 35.9 Å². The van der Waals surface area contributed by atoms with E-state index in [0.717, 1.165) is 29.7 Å². The van der Waals surface area contributed by atoms with Crippen molar-refractivity contribution in [3.8, 4) is 0 Å². The molecule has 0 spiro atoms. The van der Waals surface area contributed by atoms with Crippen molar-refractivity contribution < 1.29 is 23.6 Å². The van der Waals surface area contributed by atoms with Crippen LogP contribution in [0.2, 0.25) is 0 Å². The van der Waals surface area contributed by atoms with Gasteiger partial charge in [-0.1, -0.05) is 69.4 Å². The molecule has 2 atom stereocenters. The number of benzene rings is 1. The predicted octanol–water partition coefficient (Wildman–Crippen LogP) is 4.21. The maximum absolute atomic E-state index is 12.3. The van der Waals surface area contributed by atoms with Crippen molar-refractivity contribution in [1.29, 1.82) is 0 Å². The van der Waals surface area contributed by atoms with E-state index in [1.807, 2.05) is 18.2 Å². The Labute approximate surface area is 170 Å². The molecule has 0 aliphatic carbocycles. The topological polar surface area (TPSA) is 83.9 Å². The number of unbranched alkanes of at least 4 members (excludes halogenated alkanes) is 5. The molecule has 28 heavy (non-hydrogen) atoms. The van der Waals surface area contributed by atoms with E-state index in [0.29, 0.717) is 5.75 Å². The van der Waals surface area contributed by atoms with Crippen LogP contribution in [0, 0.1) is 0 Å². The Balaban J connectivity index is 2.59. The number of rotatable bonds is 14. The monoisotopic (exact) mass is 411 g/mol. The Hall–Kier alpha value is -1.89. The highest BCUT2D eigenvalue weighted by molar-refractivity contribution is 7.84. The van der Waals surface area contributed by atoms with Crippen LogP contribution in [0.5, 0.6) is 0 Å². The zero-order valence-corrected chi connectivity index (χ0v) is 17.8. The van der Waals surface area contributed by atoms with Gasteiger partial charge in [0, 0.05) is 28.9 Å². The molecule has 0 aromatic heterocycles. The quantitative estimate of drug-likeness (QED) is 0.366. The van der Waals surface area contributed by atoms with Crippen molar-refractivity contribution in [1.82, 2.24) is 4.90 Å². The summed E-state index contributed by atoms with van der Waals surface area (Å²) < 4.78 is 17.1. The summed E-state index contributed by atoms with van der Waals surface area (Å²) in [5.41, 5.74) is 0.784. The first kappa shape index (κ1) is 24.1. The first-order valence-corrected chi connectivity index (χ1v) is 11.4. The van der Waals surface area contributed by atoms with Gasteiger partial charge in [0.25, 0.3) is 0 Å². The van der Waals surface area contributed by atoms with E-state index in [1.54, 1.807) is 12.1 Å². The lowest BCUT2D eigenvalue weighted by Crippen LogP contribution is -2.45. The molecule has 0 bridgehead atoms. The van der Waals surface area contributed by atoms with Gasteiger partial charge in [0.05, 0.1) is 7.11 Å². The standard InChI is InChI=1S/C21H33NO5S/c1-3-4-5-6-7-11-15-28(26)16-14-19(20(23)27-2)22(21(24)25)17-18-12-9-8-10-13-18/h8-10,12-13,19H,3-7,11,14-17H2,1-2H3,(H,24,25)/t19?,28-/m0/s1. The minimum absolute atomic E-state index is 0.0833. The summed E-state index contributed by atoms with van der Waals surface area (Å²) in [6.45, 7) is 2.25. The van der Waals surface area contributed by atoms with E-state index in [9.17, 15) is 18.9 Å². The molecular formula is C21H33NO5S. The van der Waals surface area contributed by atoms with E-state index in [-0.39, 0.29) is 18.7 Å². The summed E-state index contributed by atoms with van der Waals surface area (Å²) in [7, 11) is 0.171. The molecule has 1 rings (SSSR count). The molecule has 1 aromatic carbocycles. The third-order valence-corrected chi connectivity index (χ3v) is 6.07. The smallest absolute Gasteiger partial charge is 0.408 e. The lowest BCUT2D eigenvalue weighted by atomic mass is 10.1. The maximum Gasteiger partial charge on any atom is 0.408 e. The molecule has 1 N–H and O–H groups in total. The highest BCUT2D eigenvalue weighted by Crippen LogP contribution is 2.14. The van der Waals surface area contributed by atoms with Gasteiger partial charge in [0.2, 0.25) is 0 Å². The number of methoxy groups -OCH3 is 1. The zero-order valence-electron chi connectivity index (χ0n) is 17.0. The van der Waals surface area contributed by atoms with Crippen molar-refractivity contribution in [2.24, 2.45) is 0 Å². The Kier molecular flexibility index (Phi) is 12.2. The van der Waals surface area contributed by atoms with Crippen LogP contribution in [0.1, 0.15) is 57.4 Å². The van der Waals surface area contributed by atoms with Gasteiger partial charge >= 0.3 is 12.1 Å². The van der Waals surface area contributed by atoms with Crippen LogP contribution >= 0.6 is 0 Å². The molecule has 1 aromatic rings. The molecule has 0 aliphatic heterocycles. The molecule has 0 radical (unpaired) electrons. The maximum atomic E-state index is 12.3. The van der Waals surface area contributed by atoms with Crippen LogP contribution in [0.15, 0.2) is 30.3 Å². The zero-order chi connectivity index (χ0) is 20.8. The highest BCUT2D eigenvalue weighted by atomic mass is 32.2. The summed E-state index contributed by atoms with van der Waals surface area (Å²) >= 11 is 0. The number of carbonyl (C=O) groups is 2. The normalized spacial score (nSPS) is 12.9. The SMILES string of the molecule is CCCCCCCC[S@](=O)CCC(C(=O)OC)N(Cc1ccccc1)C(=O)O. The number of carboxylic acid groups (broad SMARTS) is 1. The van der Waals surface area contributed by atoms with Crippen molar-refractivity contribution in [3.63, 3.8) is 0 Å². The van der Waals surface area contributed by atoms with Gasteiger partial charge in [0.15, 0.2) is 0 Å². The van der Waals surface area contributed by atoms with Gasteiger partial charge < -0.3 is 9.84 Å². The average molecular weight is 412 g/mol. The van der Waals surface area contributed by atoms with Gasteiger partial charge in [-0.25, -0.2) is 9.59 Å². The summed E-state index contributed by atoms with van der Waals surface area (Å²) in [6.07, 6.45) is 5.74. The van der Waals surface area contributed by atoms with Crippen LogP contribution < -0.4 is 0 Å². The number of ether oxygens (including phenoxy) is 1. The van der Waals surface area contributed by atoms with Crippen LogP contribution in [-0.2, 0) is 26.9 Å². The highest BCUT2D eigenvalue weighted by Gasteiger charge is 2.31. The lowest BCUT2D eigenvalue weighted by Gasteiger charge is -2.27. The van der Waals surface area contributed by atoms with Crippen LogP contribution in [-0.4, -0.2) is 50.9 Å². The van der Waals surface area contributed by atoms with Gasteiger partial charge in [0.1, 0.15) is 6.04 Å². The minimum Gasteiger partial charge on any atom is -0.467 e. The van der Waals surface area contributed by atoms with E-state index in [1.165, 1.54) is 26.4 Å². The predicted molar refractivity (Wildman–Crippen MR) is 112 cm³/mol. The molecule has 0 fully saturated rings. The molecular weight excluding hydrogens is 378 g/mol. The molecule has 6 nitrogen and oxygen atoms in total. The first-order valence-electron chi connectivity index (χ1n) is 9.95. The summed E-state index contributed by atoms with van der Waals surface area (Å²) in [4.78, 5) is 25.0. The Morgan fingerprint density at radius 3 is 2.32 bits per heavy atom. The molecule has 0 aliphatic rings. The number of hydrogen-bond donors (Lipinski definition) is 1. The number of nitrogens with zero attached hydrogens (tertiary/aromatic N) is 1. The Bertz CT molecular complexity index is 608. The third-order valence-electron chi connectivity index (χ3n) is 4.64. The van der Waals surface area contributed by atoms with Crippen LogP contribution in [0.3, 0.4) is 0 Å². The third kappa shape index (κ3) is 9.35. The second-order valence-corrected chi connectivity index (χ2v) is 8.54. The number of amides is 1. The van der Waals surface area contributed by atoms with E-state index < -0.39 is 28.9 Å². The van der Waals surface area contributed by atoms with Crippen molar-refractivity contribution >= 4 is 22.9 Å². The van der Waals surface area contributed by atoms with Crippen LogP contribution in [0.25, 0.3) is 0 Å². The Morgan fingerprint density at radius 2 is 1.71 bits per heavy atom. The molecule has 0 heterocycles. The second kappa shape index (κ2) is 14.2. The molecule has 0 saturated heterocycles. The number of carbonyl (C=O) groups excluding carboxylic acids is 1. The number of hydrogen-bond acceptors (Lipinski definition) is 4. The van der Waals surface area contributed by atoms with Crippen LogP contribution in [0.4, 0.5) is 4.79 Å². The molecule has 1 unspecified atom stereocenters. The first-order chi connectivity index (χ1) is 13.5. The fraction of sp³-hybridized carbons (Fsp3) is 0.619. The van der Waals surface area contributed by atoms with Crippen molar-refractivity contribution in [2.75, 3.05) is 18.6 Å².